The van der Waals surface area contributed by atoms with E-state index in [1.54, 1.807) is 29.2 Å². The van der Waals surface area contributed by atoms with E-state index < -0.39 is 0 Å². The van der Waals surface area contributed by atoms with Gasteiger partial charge in [-0.3, -0.25) is 9.59 Å². The highest BCUT2D eigenvalue weighted by Crippen LogP contribution is 2.34. The Morgan fingerprint density at radius 3 is 2.85 bits per heavy atom. The van der Waals surface area contributed by atoms with Gasteiger partial charge < -0.3 is 19.7 Å². The maximum Gasteiger partial charge on any atom is 0.265 e. The minimum atomic E-state index is -0.157. The average molecular weight is 352 g/mol. The number of hydrogen-bond donors (Lipinski definition) is 1. The van der Waals surface area contributed by atoms with Crippen LogP contribution in [0.3, 0.4) is 0 Å². The van der Waals surface area contributed by atoms with Crippen molar-refractivity contribution < 1.29 is 19.1 Å². The predicted octanol–water partition coefficient (Wildman–Crippen LogP) is 3.01. The number of fused-ring (bicyclic) bond motifs is 1. The summed E-state index contributed by atoms with van der Waals surface area (Å²) in [5.74, 6) is 1.02. The van der Waals surface area contributed by atoms with Crippen LogP contribution in [-0.2, 0) is 9.59 Å². The van der Waals surface area contributed by atoms with Crippen LogP contribution in [-0.4, -0.2) is 31.6 Å². The number of anilines is 2. The van der Waals surface area contributed by atoms with Crippen molar-refractivity contribution in [3.8, 4) is 11.5 Å². The molecule has 0 spiro atoms. The van der Waals surface area contributed by atoms with Crippen molar-refractivity contribution >= 4 is 23.2 Å². The van der Waals surface area contributed by atoms with Gasteiger partial charge in [0.1, 0.15) is 11.5 Å². The summed E-state index contributed by atoms with van der Waals surface area (Å²) in [6.07, 6.45) is 1.89. The number of amides is 2. The molecule has 0 saturated carbocycles. The quantitative estimate of drug-likeness (QED) is 0.778. The zero-order valence-electron chi connectivity index (χ0n) is 14.3. The second-order valence-corrected chi connectivity index (χ2v) is 5.72. The third-order valence-corrected chi connectivity index (χ3v) is 3.84. The molecule has 2 aromatic rings. The minimum absolute atomic E-state index is 0.0246. The molecule has 2 amide bonds. The number of hydrogen-bond acceptors (Lipinski definition) is 4. The fourth-order valence-corrected chi connectivity index (χ4v) is 2.61. The number of carbonyl (C=O) groups excluding carboxylic acids is 2. The summed E-state index contributed by atoms with van der Waals surface area (Å²) in [4.78, 5) is 25.6. The molecule has 1 aliphatic heterocycles. The molecule has 3 rings (SSSR count). The van der Waals surface area contributed by atoms with Crippen LogP contribution in [0, 0.1) is 0 Å². The van der Waals surface area contributed by atoms with Crippen molar-refractivity contribution in [2.45, 2.75) is 6.42 Å². The van der Waals surface area contributed by atoms with E-state index in [-0.39, 0.29) is 24.8 Å². The first kappa shape index (κ1) is 17.5. The number of carbonyl (C=O) groups is 2. The van der Waals surface area contributed by atoms with E-state index in [1.165, 1.54) is 0 Å². The van der Waals surface area contributed by atoms with Crippen LogP contribution in [0.5, 0.6) is 11.5 Å². The highest BCUT2D eigenvalue weighted by atomic mass is 16.5. The van der Waals surface area contributed by atoms with Crippen LogP contribution in [0.2, 0.25) is 0 Å². The van der Waals surface area contributed by atoms with E-state index in [0.717, 1.165) is 5.75 Å². The summed E-state index contributed by atoms with van der Waals surface area (Å²) < 4.78 is 11.0. The molecular weight excluding hydrogens is 332 g/mol. The fourth-order valence-electron chi connectivity index (χ4n) is 2.61. The summed E-state index contributed by atoms with van der Waals surface area (Å²) in [6.45, 7) is 4.35. The van der Waals surface area contributed by atoms with E-state index in [0.29, 0.717) is 30.3 Å². The van der Waals surface area contributed by atoms with Gasteiger partial charge in [0.05, 0.1) is 18.7 Å². The van der Waals surface area contributed by atoms with Gasteiger partial charge >= 0.3 is 0 Å². The Bertz CT molecular complexity index is 805. The molecule has 26 heavy (non-hydrogen) atoms. The highest BCUT2D eigenvalue weighted by Gasteiger charge is 2.24. The first-order valence-corrected chi connectivity index (χ1v) is 8.33. The van der Waals surface area contributed by atoms with Gasteiger partial charge in [-0.25, -0.2) is 0 Å². The Labute approximate surface area is 152 Å². The normalized spacial score (nSPS) is 12.8. The Morgan fingerprint density at radius 2 is 2.08 bits per heavy atom. The molecule has 0 aliphatic carbocycles. The molecule has 0 aromatic heterocycles. The third-order valence-electron chi connectivity index (χ3n) is 3.84. The Hall–Kier alpha value is -3.28. The van der Waals surface area contributed by atoms with E-state index in [4.69, 9.17) is 9.47 Å². The summed E-state index contributed by atoms with van der Waals surface area (Å²) >= 11 is 0. The third kappa shape index (κ3) is 4.22. The molecule has 6 nitrogen and oxygen atoms in total. The fraction of sp³-hybridized carbons (Fsp3) is 0.200. The summed E-state index contributed by atoms with van der Waals surface area (Å²) in [5.41, 5.74) is 1.29. The summed E-state index contributed by atoms with van der Waals surface area (Å²) in [7, 11) is 0. The molecule has 0 atom stereocenters. The van der Waals surface area contributed by atoms with Gasteiger partial charge in [-0.1, -0.05) is 24.3 Å². The number of benzene rings is 2. The van der Waals surface area contributed by atoms with Crippen LogP contribution in [0.4, 0.5) is 11.4 Å². The van der Waals surface area contributed by atoms with E-state index in [2.05, 4.69) is 11.9 Å². The van der Waals surface area contributed by atoms with Gasteiger partial charge in [-0.2, -0.15) is 0 Å². The average Bonchev–Trinajstić information content (AvgIpc) is 2.65. The van der Waals surface area contributed by atoms with Crippen molar-refractivity contribution in [3.63, 3.8) is 0 Å². The monoisotopic (exact) mass is 352 g/mol. The molecule has 2 aromatic carbocycles. The van der Waals surface area contributed by atoms with Crippen molar-refractivity contribution in [1.29, 1.82) is 0 Å². The lowest BCUT2D eigenvalue weighted by molar-refractivity contribution is -0.121. The molecule has 0 fully saturated rings. The van der Waals surface area contributed by atoms with Crippen molar-refractivity contribution in [2.24, 2.45) is 0 Å². The number of rotatable bonds is 7. The number of ether oxygens (including phenoxy) is 2. The van der Waals surface area contributed by atoms with Gasteiger partial charge in [0, 0.05) is 18.3 Å². The lowest BCUT2D eigenvalue weighted by Gasteiger charge is -2.28. The van der Waals surface area contributed by atoms with Gasteiger partial charge in [-0.15, -0.1) is 6.58 Å². The lowest BCUT2D eigenvalue weighted by Crippen LogP contribution is -2.38. The smallest absolute Gasteiger partial charge is 0.265 e. The van der Waals surface area contributed by atoms with Crippen LogP contribution in [0.1, 0.15) is 6.42 Å². The maximum atomic E-state index is 12.1. The zero-order chi connectivity index (χ0) is 18.4. The van der Waals surface area contributed by atoms with Crippen molar-refractivity contribution in [2.75, 3.05) is 30.0 Å². The van der Waals surface area contributed by atoms with Crippen LogP contribution in [0.15, 0.2) is 61.2 Å². The van der Waals surface area contributed by atoms with Crippen LogP contribution in [0.25, 0.3) is 0 Å². The van der Waals surface area contributed by atoms with E-state index in [9.17, 15) is 9.59 Å². The van der Waals surface area contributed by atoms with Gasteiger partial charge in [-0.05, 0) is 24.3 Å². The standard InChI is InChI=1S/C20H20N2O4/c1-2-11-22-17-9-8-15(13-18(17)26-14-20(22)24)21-19(23)10-12-25-16-6-4-3-5-7-16/h2-9,13H,1,10-12,14H2,(H,21,23). The maximum absolute atomic E-state index is 12.1. The number of nitrogens with zero attached hydrogens (tertiary/aromatic N) is 1. The molecule has 1 aliphatic rings. The number of nitrogens with one attached hydrogen (secondary N) is 1. The topological polar surface area (TPSA) is 67.9 Å². The lowest BCUT2D eigenvalue weighted by atomic mass is 10.2. The summed E-state index contributed by atoms with van der Waals surface area (Å²) in [6, 6.07) is 14.6. The number of para-hydroxylation sites is 1. The minimum Gasteiger partial charge on any atom is -0.493 e. The SMILES string of the molecule is C=CCN1C(=O)COc2cc(NC(=O)CCOc3ccccc3)ccc21. The molecule has 0 bridgehead atoms. The molecule has 1 heterocycles. The second-order valence-electron chi connectivity index (χ2n) is 5.72. The molecule has 6 heteroatoms. The van der Waals surface area contributed by atoms with Crippen LogP contribution < -0.4 is 19.7 Å². The molecular formula is C20H20N2O4. The van der Waals surface area contributed by atoms with Gasteiger partial charge in [0.2, 0.25) is 5.91 Å². The van der Waals surface area contributed by atoms with E-state index >= 15 is 0 Å². The van der Waals surface area contributed by atoms with Crippen LogP contribution >= 0.6 is 0 Å². The predicted molar refractivity (Wildman–Crippen MR) is 99.7 cm³/mol. The first-order chi connectivity index (χ1) is 12.7. The molecule has 0 radical (unpaired) electrons. The zero-order valence-corrected chi connectivity index (χ0v) is 14.3. The molecule has 0 unspecified atom stereocenters. The van der Waals surface area contributed by atoms with E-state index in [1.807, 2.05) is 30.3 Å². The summed E-state index contributed by atoms with van der Waals surface area (Å²) in [5, 5.41) is 2.81. The Morgan fingerprint density at radius 1 is 1.27 bits per heavy atom. The van der Waals surface area contributed by atoms with Gasteiger partial charge in [0.15, 0.2) is 6.61 Å². The van der Waals surface area contributed by atoms with Crippen molar-refractivity contribution in [3.05, 3.63) is 61.2 Å². The Kier molecular flexibility index (Phi) is 5.53. The highest BCUT2D eigenvalue weighted by molar-refractivity contribution is 5.99. The largest absolute Gasteiger partial charge is 0.493 e. The second kappa shape index (κ2) is 8.20. The molecule has 0 saturated heterocycles. The van der Waals surface area contributed by atoms with Crippen molar-refractivity contribution in [1.82, 2.24) is 0 Å². The molecule has 1 N–H and O–H groups in total. The molecule has 134 valence electrons. The first-order valence-electron chi connectivity index (χ1n) is 8.33. The Balaban J connectivity index is 1.57. The van der Waals surface area contributed by atoms with Gasteiger partial charge in [0.25, 0.3) is 5.91 Å².